The Morgan fingerprint density at radius 1 is 1.53 bits per heavy atom. The number of ether oxygens (including phenoxy) is 2. The molecule has 15 heavy (non-hydrogen) atoms. The fourth-order valence-electron chi connectivity index (χ4n) is 0.979. The highest BCUT2D eigenvalue weighted by atomic mass is 16.5. The standard InChI is InChI=1S/C10H21NO4/c1-10(2,14-3)5-7-15-8(4-6-11)9(12)13/h8H,4-7,11H2,1-3H3,(H,12,13). The van der Waals surface area contributed by atoms with Gasteiger partial charge in [-0.15, -0.1) is 0 Å². The summed E-state index contributed by atoms with van der Waals surface area (Å²) in [4.78, 5) is 10.7. The molecule has 1 unspecified atom stereocenters. The van der Waals surface area contributed by atoms with Crippen LogP contribution in [0.2, 0.25) is 0 Å². The van der Waals surface area contributed by atoms with Gasteiger partial charge in [-0.2, -0.15) is 0 Å². The van der Waals surface area contributed by atoms with E-state index in [1.807, 2.05) is 13.8 Å². The Hall–Kier alpha value is -0.650. The van der Waals surface area contributed by atoms with Crippen molar-refractivity contribution in [1.29, 1.82) is 0 Å². The monoisotopic (exact) mass is 219 g/mol. The van der Waals surface area contributed by atoms with Crippen LogP contribution in [0.3, 0.4) is 0 Å². The van der Waals surface area contributed by atoms with E-state index in [4.69, 9.17) is 20.3 Å². The largest absolute Gasteiger partial charge is 0.479 e. The number of carboxylic acid groups (broad SMARTS) is 1. The number of rotatable bonds is 8. The fourth-order valence-corrected chi connectivity index (χ4v) is 0.979. The summed E-state index contributed by atoms with van der Waals surface area (Å²) in [5.41, 5.74) is 5.00. The zero-order valence-corrected chi connectivity index (χ0v) is 9.66. The summed E-state index contributed by atoms with van der Waals surface area (Å²) in [6.45, 7) is 4.52. The molecule has 0 aromatic rings. The maximum atomic E-state index is 10.7. The maximum Gasteiger partial charge on any atom is 0.332 e. The molecule has 0 aromatic heterocycles. The molecular formula is C10H21NO4. The Bertz CT molecular complexity index is 194. The molecule has 0 aliphatic heterocycles. The van der Waals surface area contributed by atoms with Crippen LogP contribution in [-0.2, 0) is 14.3 Å². The van der Waals surface area contributed by atoms with E-state index in [2.05, 4.69) is 0 Å². The topological polar surface area (TPSA) is 81.8 Å². The minimum Gasteiger partial charge on any atom is -0.479 e. The summed E-state index contributed by atoms with van der Waals surface area (Å²) in [6.07, 6.45) is 0.184. The van der Waals surface area contributed by atoms with Gasteiger partial charge in [-0.1, -0.05) is 0 Å². The molecule has 0 rings (SSSR count). The molecule has 0 fully saturated rings. The van der Waals surface area contributed by atoms with Crippen LogP contribution in [0.25, 0.3) is 0 Å². The van der Waals surface area contributed by atoms with Gasteiger partial charge >= 0.3 is 5.97 Å². The van der Waals surface area contributed by atoms with Crippen LogP contribution in [0.1, 0.15) is 26.7 Å². The van der Waals surface area contributed by atoms with Gasteiger partial charge in [-0.05, 0) is 33.2 Å². The second-order valence-electron chi connectivity index (χ2n) is 3.99. The molecule has 90 valence electrons. The van der Waals surface area contributed by atoms with Crippen LogP contribution in [-0.4, -0.2) is 43.0 Å². The van der Waals surface area contributed by atoms with E-state index in [9.17, 15) is 4.79 Å². The number of carbonyl (C=O) groups is 1. The van der Waals surface area contributed by atoms with Crippen molar-refractivity contribution in [2.75, 3.05) is 20.3 Å². The van der Waals surface area contributed by atoms with E-state index >= 15 is 0 Å². The number of carboxylic acids is 1. The lowest BCUT2D eigenvalue weighted by molar-refractivity contribution is -0.151. The van der Waals surface area contributed by atoms with Crippen LogP contribution < -0.4 is 5.73 Å². The predicted octanol–water partition coefficient (Wildman–Crippen LogP) is 0.620. The second kappa shape index (κ2) is 6.76. The van der Waals surface area contributed by atoms with Crippen LogP contribution in [0, 0.1) is 0 Å². The minimum absolute atomic E-state index is 0.286. The number of hydrogen-bond donors (Lipinski definition) is 2. The second-order valence-corrected chi connectivity index (χ2v) is 3.99. The quantitative estimate of drug-likeness (QED) is 0.625. The van der Waals surface area contributed by atoms with E-state index in [-0.39, 0.29) is 5.60 Å². The predicted molar refractivity (Wildman–Crippen MR) is 56.8 cm³/mol. The molecule has 0 spiro atoms. The molecular weight excluding hydrogens is 198 g/mol. The summed E-state index contributed by atoms with van der Waals surface area (Å²) in [5, 5.41) is 8.78. The molecule has 5 heteroatoms. The molecule has 0 saturated heterocycles. The Labute approximate surface area is 90.5 Å². The average Bonchev–Trinajstić information content (AvgIpc) is 2.16. The molecule has 0 aromatic carbocycles. The third-order valence-corrected chi connectivity index (χ3v) is 2.28. The van der Waals surface area contributed by atoms with Crippen molar-refractivity contribution >= 4 is 5.97 Å². The Balaban J connectivity index is 3.85. The van der Waals surface area contributed by atoms with Crippen molar-refractivity contribution in [3.63, 3.8) is 0 Å². The molecule has 0 amide bonds. The van der Waals surface area contributed by atoms with Crippen molar-refractivity contribution in [3.05, 3.63) is 0 Å². The summed E-state index contributed by atoms with van der Waals surface area (Å²) >= 11 is 0. The lowest BCUT2D eigenvalue weighted by Crippen LogP contribution is -2.30. The van der Waals surface area contributed by atoms with Crippen molar-refractivity contribution in [2.24, 2.45) is 5.73 Å². The molecule has 0 radical (unpaired) electrons. The first kappa shape index (κ1) is 14.3. The van der Waals surface area contributed by atoms with E-state index in [0.29, 0.717) is 26.0 Å². The number of nitrogens with two attached hydrogens (primary N) is 1. The lowest BCUT2D eigenvalue weighted by atomic mass is 10.1. The minimum atomic E-state index is -0.962. The van der Waals surface area contributed by atoms with Crippen molar-refractivity contribution < 1.29 is 19.4 Å². The molecule has 1 atom stereocenters. The maximum absolute atomic E-state index is 10.7. The summed E-state index contributed by atoms with van der Waals surface area (Å²) in [6, 6.07) is 0. The Kier molecular flexibility index (Phi) is 6.47. The molecule has 0 heterocycles. The normalized spacial score (nSPS) is 13.9. The number of hydrogen-bond acceptors (Lipinski definition) is 4. The van der Waals surface area contributed by atoms with Crippen molar-refractivity contribution in [3.8, 4) is 0 Å². The van der Waals surface area contributed by atoms with E-state index in [1.165, 1.54) is 0 Å². The first-order chi connectivity index (χ1) is 6.93. The van der Waals surface area contributed by atoms with Gasteiger partial charge in [-0.3, -0.25) is 0 Å². The van der Waals surface area contributed by atoms with Gasteiger partial charge in [0, 0.05) is 7.11 Å². The molecule has 0 aliphatic rings. The van der Waals surface area contributed by atoms with E-state index in [0.717, 1.165) is 0 Å². The molecule has 5 nitrogen and oxygen atoms in total. The molecule has 0 aliphatic carbocycles. The first-order valence-electron chi connectivity index (χ1n) is 5.02. The summed E-state index contributed by atoms with van der Waals surface area (Å²) < 4.78 is 10.4. The van der Waals surface area contributed by atoms with Crippen LogP contribution in [0.4, 0.5) is 0 Å². The number of methoxy groups -OCH3 is 1. The third kappa shape index (κ3) is 6.43. The van der Waals surface area contributed by atoms with Crippen molar-refractivity contribution in [1.82, 2.24) is 0 Å². The Morgan fingerprint density at radius 2 is 2.13 bits per heavy atom. The van der Waals surface area contributed by atoms with Gasteiger partial charge < -0.3 is 20.3 Å². The van der Waals surface area contributed by atoms with Crippen LogP contribution in [0.5, 0.6) is 0 Å². The smallest absolute Gasteiger partial charge is 0.332 e. The highest BCUT2D eigenvalue weighted by Gasteiger charge is 2.20. The van der Waals surface area contributed by atoms with Gasteiger partial charge in [0.25, 0.3) is 0 Å². The van der Waals surface area contributed by atoms with Gasteiger partial charge in [-0.25, -0.2) is 4.79 Å². The van der Waals surface area contributed by atoms with Crippen molar-refractivity contribution in [2.45, 2.75) is 38.4 Å². The molecule has 0 saturated carbocycles. The van der Waals surface area contributed by atoms with Gasteiger partial charge in [0.15, 0.2) is 6.10 Å². The highest BCUT2D eigenvalue weighted by molar-refractivity contribution is 5.72. The molecule has 0 bridgehead atoms. The zero-order valence-electron chi connectivity index (χ0n) is 9.66. The van der Waals surface area contributed by atoms with Crippen LogP contribution >= 0.6 is 0 Å². The van der Waals surface area contributed by atoms with Gasteiger partial charge in [0.2, 0.25) is 0 Å². The summed E-state index contributed by atoms with van der Waals surface area (Å²) in [7, 11) is 1.62. The summed E-state index contributed by atoms with van der Waals surface area (Å²) in [5.74, 6) is -0.962. The Morgan fingerprint density at radius 3 is 2.53 bits per heavy atom. The average molecular weight is 219 g/mol. The lowest BCUT2D eigenvalue weighted by Gasteiger charge is -2.23. The molecule has 3 N–H and O–H groups in total. The third-order valence-electron chi connectivity index (χ3n) is 2.28. The SMILES string of the molecule is COC(C)(C)CCOC(CCN)C(=O)O. The zero-order chi connectivity index (χ0) is 11.9. The highest BCUT2D eigenvalue weighted by Crippen LogP contribution is 2.13. The number of aliphatic carboxylic acids is 1. The van der Waals surface area contributed by atoms with Gasteiger partial charge in [0.05, 0.1) is 12.2 Å². The fraction of sp³-hybridized carbons (Fsp3) is 0.900. The van der Waals surface area contributed by atoms with E-state index < -0.39 is 12.1 Å². The van der Waals surface area contributed by atoms with E-state index in [1.54, 1.807) is 7.11 Å². The first-order valence-corrected chi connectivity index (χ1v) is 5.02. The van der Waals surface area contributed by atoms with Crippen LogP contribution in [0.15, 0.2) is 0 Å². The van der Waals surface area contributed by atoms with Gasteiger partial charge in [0.1, 0.15) is 0 Å².